The molecule has 3 nitrogen and oxygen atoms in total. The van der Waals surface area contributed by atoms with E-state index in [1.807, 2.05) is 0 Å². The molecule has 0 aliphatic carbocycles. The van der Waals surface area contributed by atoms with Gasteiger partial charge in [0.1, 0.15) is 18.5 Å². The summed E-state index contributed by atoms with van der Waals surface area (Å²) in [5.41, 5.74) is 0.236. The number of halogens is 2. The number of ether oxygens (including phenoxy) is 1. The standard InChI is InChI=1S/C15H23Cl2NO2/c1-4-15(2,3)10-18-8-12(19)9-20-14-6-5-11(16)7-13(14)17/h5-7,12,18-19H,4,8-10H2,1-3H3. The van der Waals surface area contributed by atoms with E-state index in [0.29, 0.717) is 22.3 Å². The van der Waals surface area contributed by atoms with Gasteiger partial charge in [0.15, 0.2) is 0 Å². The molecule has 0 fully saturated rings. The summed E-state index contributed by atoms with van der Waals surface area (Å²) in [6, 6.07) is 5.02. The number of rotatable bonds is 8. The first kappa shape index (κ1) is 17.6. The molecule has 2 N–H and O–H groups in total. The highest BCUT2D eigenvalue weighted by molar-refractivity contribution is 6.35. The van der Waals surface area contributed by atoms with Crippen molar-refractivity contribution in [2.75, 3.05) is 19.7 Å². The maximum Gasteiger partial charge on any atom is 0.138 e. The van der Waals surface area contributed by atoms with Crippen LogP contribution in [0.4, 0.5) is 0 Å². The molecule has 1 aromatic carbocycles. The van der Waals surface area contributed by atoms with Crippen molar-refractivity contribution in [1.82, 2.24) is 5.32 Å². The maximum atomic E-state index is 9.87. The molecular formula is C15H23Cl2NO2. The van der Waals surface area contributed by atoms with Gasteiger partial charge in [-0.25, -0.2) is 0 Å². The highest BCUT2D eigenvalue weighted by atomic mass is 35.5. The summed E-state index contributed by atoms with van der Waals surface area (Å²) in [6.07, 6.45) is 0.516. The first-order valence-electron chi connectivity index (χ1n) is 6.80. The van der Waals surface area contributed by atoms with Crippen molar-refractivity contribution in [1.29, 1.82) is 0 Å². The Bertz CT molecular complexity index is 424. The third kappa shape index (κ3) is 6.31. The zero-order valence-electron chi connectivity index (χ0n) is 12.2. The fraction of sp³-hybridized carbons (Fsp3) is 0.600. The van der Waals surface area contributed by atoms with Crippen LogP contribution in [0.15, 0.2) is 18.2 Å². The van der Waals surface area contributed by atoms with Gasteiger partial charge in [-0.1, -0.05) is 44.0 Å². The van der Waals surface area contributed by atoms with E-state index in [2.05, 4.69) is 26.1 Å². The van der Waals surface area contributed by atoms with Gasteiger partial charge >= 0.3 is 0 Å². The third-order valence-corrected chi connectivity index (χ3v) is 3.80. The van der Waals surface area contributed by atoms with Gasteiger partial charge in [-0.15, -0.1) is 0 Å². The second-order valence-electron chi connectivity index (χ2n) is 5.69. The van der Waals surface area contributed by atoms with E-state index in [9.17, 15) is 5.11 Å². The van der Waals surface area contributed by atoms with E-state index in [4.69, 9.17) is 27.9 Å². The van der Waals surface area contributed by atoms with Crippen LogP contribution in [0, 0.1) is 5.41 Å². The van der Waals surface area contributed by atoms with Gasteiger partial charge in [0.2, 0.25) is 0 Å². The van der Waals surface area contributed by atoms with Crippen LogP contribution >= 0.6 is 23.2 Å². The molecule has 5 heteroatoms. The lowest BCUT2D eigenvalue weighted by molar-refractivity contribution is 0.103. The minimum Gasteiger partial charge on any atom is -0.489 e. The van der Waals surface area contributed by atoms with Crippen LogP contribution in [0.3, 0.4) is 0 Å². The van der Waals surface area contributed by atoms with Crippen molar-refractivity contribution in [3.05, 3.63) is 28.2 Å². The Labute approximate surface area is 131 Å². The molecule has 0 saturated heterocycles. The van der Waals surface area contributed by atoms with Gasteiger partial charge in [-0.05, 0) is 30.0 Å². The van der Waals surface area contributed by atoms with Gasteiger partial charge < -0.3 is 15.2 Å². The quantitative estimate of drug-likeness (QED) is 0.766. The molecule has 0 aliphatic heterocycles. The molecule has 114 valence electrons. The predicted octanol–water partition coefficient (Wildman–Crippen LogP) is 3.76. The van der Waals surface area contributed by atoms with Crippen molar-refractivity contribution >= 4 is 23.2 Å². The first-order valence-corrected chi connectivity index (χ1v) is 7.56. The van der Waals surface area contributed by atoms with Crippen molar-refractivity contribution in [2.24, 2.45) is 5.41 Å². The van der Waals surface area contributed by atoms with Gasteiger partial charge in [0.25, 0.3) is 0 Å². The molecule has 0 aliphatic rings. The van der Waals surface area contributed by atoms with Crippen LogP contribution in [-0.4, -0.2) is 30.9 Å². The summed E-state index contributed by atoms with van der Waals surface area (Å²) in [6.45, 7) is 8.09. The van der Waals surface area contributed by atoms with Gasteiger partial charge in [0.05, 0.1) is 5.02 Å². The Morgan fingerprint density at radius 3 is 2.65 bits per heavy atom. The summed E-state index contributed by atoms with van der Waals surface area (Å²) < 4.78 is 5.48. The van der Waals surface area contributed by atoms with Crippen LogP contribution in [0.25, 0.3) is 0 Å². The van der Waals surface area contributed by atoms with E-state index in [-0.39, 0.29) is 12.0 Å². The summed E-state index contributed by atoms with van der Waals surface area (Å²) in [5, 5.41) is 14.1. The number of nitrogens with one attached hydrogen (secondary N) is 1. The van der Waals surface area contributed by atoms with Crippen molar-refractivity contribution in [2.45, 2.75) is 33.3 Å². The zero-order chi connectivity index (χ0) is 15.2. The van der Waals surface area contributed by atoms with E-state index in [1.165, 1.54) is 0 Å². The van der Waals surface area contributed by atoms with Crippen LogP contribution in [-0.2, 0) is 0 Å². The van der Waals surface area contributed by atoms with E-state index in [0.717, 1.165) is 13.0 Å². The Morgan fingerprint density at radius 2 is 2.05 bits per heavy atom. The lowest BCUT2D eigenvalue weighted by atomic mass is 9.90. The zero-order valence-corrected chi connectivity index (χ0v) is 13.8. The minimum atomic E-state index is -0.575. The average molecular weight is 320 g/mol. The second kappa shape index (κ2) is 8.08. The summed E-state index contributed by atoms with van der Waals surface area (Å²) in [4.78, 5) is 0. The maximum absolute atomic E-state index is 9.87. The summed E-state index contributed by atoms with van der Waals surface area (Å²) in [5.74, 6) is 0.531. The molecule has 20 heavy (non-hydrogen) atoms. The van der Waals surface area contributed by atoms with Gasteiger partial charge in [0, 0.05) is 18.1 Å². The lowest BCUT2D eigenvalue weighted by Crippen LogP contribution is -2.36. The molecule has 1 unspecified atom stereocenters. The van der Waals surface area contributed by atoms with E-state index < -0.39 is 6.10 Å². The molecule has 1 rings (SSSR count). The van der Waals surface area contributed by atoms with Crippen LogP contribution in [0.5, 0.6) is 5.75 Å². The number of hydrogen-bond donors (Lipinski definition) is 2. The van der Waals surface area contributed by atoms with Crippen LogP contribution < -0.4 is 10.1 Å². The Morgan fingerprint density at radius 1 is 1.35 bits per heavy atom. The van der Waals surface area contributed by atoms with Crippen LogP contribution in [0.2, 0.25) is 10.0 Å². The average Bonchev–Trinajstić information content (AvgIpc) is 2.37. The first-order chi connectivity index (χ1) is 9.34. The fourth-order valence-electron chi connectivity index (χ4n) is 1.54. The lowest BCUT2D eigenvalue weighted by Gasteiger charge is -2.24. The Hall–Kier alpha value is -0.480. The molecule has 0 bridgehead atoms. The largest absolute Gasteiger partial charge is 0.489 e. The SMILES string of the molecule is CCC(C)(C)CNCC(O)COc1ccc(Cl)cc1Cl. The minimum absolute atomic E-state index is 0.195. The molecule has 0 aromatic heterocycles. The van der Waals surface area contributed by atoms with E-state index >= 15 is 0 Å². The smallest absolute Gasteiger partial charge is 0.138 e. The molecule has 0 radical (unpaired) electrons. The number of hydrogen-bond acceptors (Lipinski definition) is 3. The molecule has 0 heterocycles. The van der Waals surface area contributed by atoms with Crippen molar-refractivity contribution < 1.29 is 9.84 Å². The summed E-state index contributed by atoms with van der Waals surface area (Å²) >= 11 is 11.8. The van der Waals surface area contributed by atoms with Gasteiger partial charge in [-0.2, -0.15) is 0 Å². The van der Waals surface area contributed by atoms with Crippen molar-refractivity contribution in [3.63, 3.8) is 0 Å². The molecule has 1 aromatic rings. The molecule has 0 saturated carbocycles. The highest BCUT2D eigenvalue weighted by Gasteiger charge is 2.15. The Kier molecular flexibility index (Phi) is 7.10. The third-order valence-electron chi connectivity index (χ3n) is 3.27. The van der Waals surface area contributed by atoms with Gasteiger partial charge in [-0.3, -0.25) is 0 Å². The number of aliphatic hydroxyl groups excluding tert-OH is 1. The summed E-state index contributed by atoms with van der Waals surface area (Å²) in [7, 11) is 0. The van der Waals surface area contributed by atoms with E-state index in [1.54, 1.807) is 18.2 Å². The number of benzene rings is 1. The topological polar surface area (TPSA) is 41.5 Å². The molecule has 0 amide bonds. The highest BCUT2D eigenvalue weighted by Crippen LogP contribution is 2.27. The normalized spacial score (nSPS) is 13.3. The fourth-order valence-corrected chi connectivity index (χ4v) is 2.00. The number of aliphatic hydroxyl groups is 1. The molecule has 1 atom stereocenters. The van der Waals surface area contributed by atoms with Crippen LogP contribution in [0.1, 0.15) is 27.2 Å². The molecule has 0 spiro atoms. The second-order valence-corrected chi connectivity index (χ2v) is 6.53. The van der Waals surface area contributed by atoms with Crippen molar-refractivity contribution in [3.8, 4) is 5.75 Å². The predicted molar refractivity (Wildman–Crippen MR) is 84.9 cm³/mol. The Balaban J connectivity index is 2.31. The molecular weight excluding hydrogens is 297 g/mol. The monoisotopic (exact) mass is 319 g/mol.